The van der Waals surface area contributed by atoms with E-state index in [0.29, 0.717) is 11.8 Å². The van der Waals surface area contributed by atoms with E-state index in [9.17, 15) is 4.79 Å². The molecular formula is C40H56N4O. The fraction of sp³-hybridized carbons (Fsp3) is 0.500. The standard InChI is InChI=1S/C40H56N4O/c1-28(2)26-44(27-29(3)4)39(45)40(7,8)34-13-14-37-36(25-34)35(38(42-37)33-23-30(5)22-31(6)24-33)17-21-43(9)20-11-10-12-32-15-18-41-19-16-32/h13-16,18-19,22-25,28-29,42H,10-12,17,20-21,26-27H2,1-9H3. The zero-order valence-electron chi connectivity index (χ0n) is 29.3. The second-order valence-corrected chi connectivity index (χ2v) is 14.6. The van der Waals surface area contributed by atoms with Crippen LogP contribution in [0, 0.1) is 25.7 Å². The average molecular weight is 609 g/mol. The lowest BCUT2D eigenvalue weighted by atomic mass is 9.82. The van der Waals surface area contributed by atoms with E-state index in [4.69, 9.17) is 0 Å². The van der Waals surface area contributed by atoms with Crippen molar-refractivity contribution in [1.29, 1.82) is 0 Å². The Morgan fingerprint density at radius 1 is 0.844 bits per heavy atom. The van der Waals surface area contributed by atoms with Crippen LogP contribution in [0.2, 0.25) is 0 Å². The number of hydrogen-bond donors (Lipinski definition) is 1. The molecule has 4 aromatic rings. The number of nitrogens with zero attached hydrogens (tertiary/aromatic N) is 3. The number of amides is 1. The van der Waals surface area contributed by atoms with Gasteiger partial charge in [-0.05, 0) is 137 Å². The van der Waals surface area contributed by atoms with Crippen molar-refractivity contribution in [2.45, 2.75) is 86.5 Å². The van der Waals surface area contributed by atoms with Gasteiger partial charge in [-0.1, -0.05) is 51.0 Å². The summed E-state index contributed by atoms with van der Waals surface area (Å²) in [5, 5.41) is 1.23. The van der Waals surface area contributed by atoms with Gasteiger partial charge in [-0.3, -0.25) is 9.78 Å². The number of unbranched alkanes of at least 4 members (excludes halogenated alkanes) is 1. The van der Waals surface area contributed by atoms with Gasteiger partial charge in [0.2, 0.25) is 5.91 Å². The molecule has 5 nitrogen and oxygen atoms in total. The number of carbonyl (C=O) groups excluding carboxylic acids is 1. The second kappa shape index (κ2) is 15.2. The summed E-state index contributed by atoms with van der Waals surface area (Å²) in [5.74, 6) is 1.06. The molecule has 4 rings (SSSR count). The smallest absolute Gasteiger partial charge is 0.232 e. The van der Waals surface area contributed by atoms with E-state index in [2.05, 4.69) is 131 Å². The molecule has 0 saturated heterocycles. The molecular weight excluding hydrogens is 552 g/mol. The van der Waals surface area contributed by atoms with Crippen LogP contribution in [0.4, 0.5) is 0 Å². The average Bonchev–Trinajstić information content (AvgIpc) is 3.35. The summed E-state index contributed by atoms with van der Waals surface area (Å²) < 4.78 is 0. The fourth-order valence-corrected chi connectivity index (χ4v) is 6.58. The number of likely N-dealkylation sites (N-methyl/N-ethyl adjacent to an activating group) is 1. The van der Waals surface area contributed by atoms with Gasteiger partial charge in [0, 0.05) is 48.6 Å². The van der Waals surface area contributed by atoms with Crippen LogP contribution in [-0.4, -0.2) is 58.9 Å². The summed E-state index contributed by atoms with van der Waals surface area (Å²) in [6.07, 6.45) is 8.14. The Balaban J connectivity index is 1.62. The van der Waals surface area contributed by atoms with E-state index in [1.54, 1.807) is 0 Å². The van der Waals surface area contributed by atoms with Crippen LogP contribution in [0.15, 0.2) is 60.9 Å². The molecule has 0 aliphatic heterocycles. The summed E-state index contributed by atoms with van der Waals surface area (Å²) in [6.45, 7) is 20.9. The molecule has 242 valence electrons. The molecule has 0 aliphatic carbocycles. The van der Waals surface area contributed by atoms with Gasteiger partial charge < -0.3 is 14.8 Å². The van der Waals surface area contributed by atoms with Gasteiger partial charge in [0.05, 0.1) is 5.41 Å². The molecule has 1 amide bonds. The van der Waals surface area contributed by atoms with E-state index in [1.165, 1.54) is 51.7 Å². The van der Waals surface area contributed by atoms with Crippen LogP contribution >= 0.6 is 0 Å². The molecule has 2 heterocycles. The number of fused-ring (bicyclic) bond motifs is 1. The zero-order valence-corrected chi connectivity index (χ0v) is 29.3. The molecule has 0 saturated carbocycles. The van der Waals surface area contributed by atoms with Crippen LogP contribution in [0.5, 0.6) is 0 Å². The molecule has 0 radical (unpaired) electrons. The monoisotopic (exact) mass is 608 g/mol. The van der Waals surface area contributed by atoms with Crippen molar-refractivity contribution in [2.24, 2.45) is 11.8 Å². The molecule has 45 heavy (non-hydrogen) atoms. The first-order valence-corrected chi connectivity index (χ1v) is 17.0. The molecule has 1 N–H and O–H groups in total. The third-order valence-corrected chi connectivity index (χ3v) is 8.88. The number of rotatable bonds is 15. The SMILES string of the molecule is Cc1cc(C)cc(-c2[nH]c3ccc(C(C)(C)C(=O)N(CC(C)C)CC(C)C)cc3c2CCN(C)CCCCc2ccncc2)c1. The van der Waals surface area contributed by atoms with Gasteiger partial charge in [-0.2, -0.15) is 0 Å². The molecule has 2 aromatic heterocycles. The highest BCUT2D eigenvalue weighted by molar-refractivity contribution is 5.94. The first kappa shape index (κ1) is 34.4. The maximum atomic E-state index is 14.1. The molecule has 5 heteroatoms. The van der Waals surface area contributed by atoms with Gasteiger partial charge in [-0.25, -0.2) is 0 Å². The molecule has 2 aromatic carbocycles. The number of nitrogens with one attached hydrogen (secondary N) is 1. The number of aromatic amines is 1. The Bertz CT molecular complexity index is 1520. The fourth-order valence-electron chi connectivity index (χ4n) is 6.58. The van der Waals surface area contributed by atoms with Gasteiger partial charge >= 0.3 is 0 Å². The molecule has 0 bridgehead atoms. The molecule has 0 unspecified atom stereocenters. The normalized spacial score (nSPS) is 12.2. The van der Waals surface area contributed by atoms with E-state index >= 15 is 0 Å². The molecule has 0 atom stereocenters. The first-order chi connectivity index (χ1) is 21.3. The summed E-state index contributed by atoms with van der Waals surface area (Å²) in [4.78, 5) is 26.6. The van der Waals surface area contributed by atoms with Crippen molar-refractivity contribution in [3.8, 4) is 11.3 Å². The summed E-state index contributed by atoms with van der Waals surface area (Å²) in [7, 11) is 2.24. The Morgan fingerprint density at radius 3 is 2.11 bits per heavy atom. The molecule has 0 fully saturated rings. The summed E-state index contributed by atoms with van der Waals surface area (Å²) in [5.41, 5.74) is 9.25. The Kier molecular flexibility index (Phi) is 11.7. The van der Waals surface area contributed by atoms with Gasteiger partial charge in [0.1, 0.15) is 0 Å². The van der Waals surface area contributed by atoms with Gasteiger partial charge in [0.15, 0.2) is 0 Å². The van der Waals surface area contributed by atoms with Crippen LogP contribution in [0.3, 0.4) is 0 Å². The largest absolute Gasteiger partial charge is 0.354 e. The number of H-pyrrole nitrogens is 1. The molecule has 0 spiro atoms. The van der Waals surface area contributed by atoms with Crippen molar-refractivity contribution in [1.82, 2.24) is 19.8 Å². The van der Waals surface area contributed by atoms with Crippen LogP contribution in [0.1, 0.15) is 82.2 Å². The maximum Gasteiger partial charge on any atom is 0.232 e. The lowest BCUT2D eigenvalue weighted by Gasteiger charge is -2.34. The summed E-state index contributed by atoms with van der Waals surface area (Å²) in [6, 6.07) is 17.7. The summed E-state index contributed by atoms with van der Waals surface area (Å²) >= 11 is 0. The predicted octanol–water partition coefficient (Wildman–Crippen LogP) is 8.76. The number of aromatic nitrogens is 2. The first-order valence-electron chi connectivity index (χ1n) is 17.0. The van der Waals surface area contributed by atoms with Crippen LogP contribution in [0.25, 0.3) is 22.2 Å². The number of benzene rings is 2. The topological polar surface area (TPSA) is 52.2 Å². The minimum absolute atomic E-state index is 0.211. The predicted molar refractivity (Wildman–Crippen MR) is 191 cm³/mol. The highest BCUT2D eigenvalue weighted by atomic mass is 16.2. The van der Waals surface area contributed by atoms with Gasteiger partial charge in [-0.15, -0.1) is 0 Å². The minimum atomic E-state index is -0.627. The van der Waals surface area contributed by atoms with Gasteiger partial charge in [0.25, 0.3) is 0 Å². The number of hydrogen-bond acceptors (Lipinski definition) is 3. The Hall–Kier alpha value is -3.44. The van der Waals surface area contributed by atoms with E-state index in [-0.39, 0.29) is 5.91 Å². The number of carbonyl (C=O) groups is 1. The number of aryl methyl sites for hydroxylation is 3. The third-order valence-electron chi connectivity index (χ3n) is 8.88. The lowest BCUT2D eigenvalue weighted by molar-refractivity contribution is -0.137. The van der Waals surface area contributed by atoms with Crippen molar-refractivity contribution in [3.05, 3.63) is 88.7 Å². The second-order valence-electron chi connectivity index (χ2n) is 14.6. The number of pyridine rings is 1. The van der Waals surface area contributed by atoms with Crippen molar-refractivity contribution in [3.63, 3.8) is 0 Å². The minimum Gasteiger partial charge on any atom is -0.354 e. The lowest BCUT2D eigenvalue weighted by Crippen LogP contribution is -2.46. The van der Waals surface area contributed by atoms with E-state index in [0.717, 1.165) is 50.1 Å². The highest BCUT2D eigenvalue weighted by Crippen LogP contribution is 2.36. The van der Waals surface area contributed by atoms with E-state index in [1.807, 2.05) is 12.4 Å². The third kappa shape index (κ3) is 9.07. The molecule has 0 aliphatic rings. The zero-order chi connectivity index (χ0) is 32.7. The maximum absolute atomic E-state index is 14.1. The van der Waals surface area contributed by atoms with E-state index < -0.39 is 5.41 Å². The van der Waals surface area contributed by atoms with Crippen LogP contribution < -0.4 is 0 Å². The van der Waals surface area contributed by atoms with Crippen molar-refractivity contribution in [2.75, 3.05) is 33.2 Å². The Morgan fingerprint density at radius 2 is 1.49 bits per heavy atom. The Labute approximate surface area is 272 Å². The highest BCUT2D eigenvalue weighted by Gasteiger charge is 2.35. The quantitative estimate of drug-likeness (QED) is 0.137. The van der Waals surface area contributed by atoms with Crippen molar-refractivity contribution < 1.29 is 4.79 Å². The van der Waals surface area contributed by atoms with Crippen molar-refractivity contribution >= 4 is 16.8 Å². The van der Waals surface area contributed by atoms with Crippen LogP contribution in [-0.2, 0) is 23.1 Å².